The lowest BCUT2D eigenvalue weighted by molar-refractivity contribution is -0.124. The molecule has 0 aromatic heterocycles. The molecule has 2 rings (SSSR count). The van der Waals surface area contributed by atoms with Crippen molar-refractivity contribution in [2.24, 2.45) is 5.73 Å². The molecule has 0 fully saturated rings. The summed E-state index contributed by atoms with van der Waals surface area (Å²) in [6, 6.07) is 8.33. The maximum atomic E-state index is 12.7. The van der Waals surface area contributed by atoms with Crippen LogP contribution in [0.2, 0.25) is 0 Å². The smallest absolute Gasteiger partial charge is 0.228 e. The molecule has 1 aromatic rings. The van der Waals surface area contributed by atoms with Crippen LogP contribution in [0.5, 0.6) is 0 Å². The third-order valence-corrected chi connectivity index (χ3v) is 4.82. The Morgan fingerprint density at radius 3 is 2.70 bits per heavy atom. The number of fused-ring (bicyclic) bond motifs is 1. The Morgan fingerprint density at radius 2 is 2.05 bits per heavy atom. The van der Waals surface area contributed by atoms with Gasteiger partial charge in [-0.25, -0.2) is 0 Å². The van der Waals surface area contributed by atoms with Gasteiger partial charge in [-0.15, -0.1) is 0 Å². The second kappa shape index (κ2) is 6.40. The van der Waals surface area contributed by atoms with Crippen LogP contribution < -0.4 is 11.1 Å². The highest BCUT2D eigenvalue weighted by Gasteiger charge is 2.32. The third kappa shape index (κ3) is 2.88. The van der Waals surface area contributed by atoms with E-state index in [0.717, 1.165) is 32.1 Å². The maximum absolute atomic E-state index is 12.7. The molecule has 0 saturated carbocycles. The van der Waals surface area contributed by atoms with Gasteiger partial charge >= 0.3 is 0 Å². The van der Waals surface area contributed by atoms with Crippen LogP contribution in [0.15, 0.2) is 24.3 Å². The van der Waals surface area contributed by atoms with Gasteiger partial charge < -0.3 is 11.1 Å². The zero-order valence-electron chi connectivity index (χ0n) is 12.6. The molecule has 3 heteroatoms. The van der Waals surface area contributed by atoms with Crippen molar-refractivity contribution in [2.45, 2.75) is 57.4 Å². The van der Waals surface area contributed by atoms with Crippen molar-refractivity contribution in [3.8, 4) is 0 Å². The van der Waals surface area contributed by atoms with Crippen LogP contribution in [-0.4, -0.2) is 18.0 Å². The van der Waals surface area contributed by atoms with Gasteiger partial charge in [0.05, 0.1) is 11.5 Å². The summed E-state index contributed by atoms with van der Waals surface area (Å²) < 4.78 is 0. The molecule has 0 heterocycles. The van der Waals surface area contributed by atoms with Crippen molar-refractivity contribution in [1.29, 1.82) is 0 Å². The van der Waals surface area contributed by atoms with Gasteiger partial charge in [0, 0.05) is 6.54 Å². The molecular weight excluding hydrogens is 248 g/mol. The predicted octanol–water partition coefficient (Wildman–Crippen LogP) is 2.74. The topological polar surface area (TPSA) is 55.1 Å². The summed E-state index contributed by atoms with van der Waals surface area (Å²) in [4.78, 5) is 12.7. The summed E-state index contributed by atoms with van der Waals surface area (Å²) in [5, 5.41) is 3.23. The lowest BCUT2D eigenvalue weighted by Gasteiger charge is -2.34. The molecule has 1 aliphatic rings. The van der Waals surface area contributed by atoms with Crippen LogP contribution in [0.4, 0.5) is 0 Å². The van der Waals surface area contributed by atoms with E-state index in [4.69, 9.17) is 5.73 Å². The average molecular weight is 274 g/mol. The highest BCUT2D eigenvalue weighted by molar-refractivity contribution is 5.85. The molecule has 20 heavy (non-hydrogen) atoms. The fourth-order valence-corrected chi connectivity index (χ4v) is 3.14. The van der Waals surface area contributed by atoms with Gasteiger partial charge in [-0.05, 0) is 43.2 Å². The Labute approximate surface area is 121 Å². The minimum Gasteiger partial charge on any atom is -0.349 e. The number of hydrogen-bond donors (Lipinski definition) is 2. The monoisotopic (exact) mass is 274 g/mol. The van der Waals surface area contributed by atoms with E-state index in [-0.39, 0.29) is 17.4 Å². The molecular formula is C17H26N2O. The van der Waals surface area contributed by atoms with Gasteiger partial charge in [0.1, 0.15) is 0 Å². The van der Waals surface area contributed by atoms with Crippen LogP contribution in [0.3, 0.4) is 0 Å². The molecule has 1 aliphatic carbocycles. The first-order chi connectivity index (χ1) is 9.65. The maximum Gasteiger partial charge on any atom is 0.228 e. The average Bonchev–Trinajstić information content (AvgIpc) is 2.52. The molecule has 0 aliphatic heterocycles. The fraction of sp³-hybridized carbons (Fsp3) is 0.588. The van der Waals surface area contributed by atoms with Crippen molar-refractivity contribution in [3.05, 3.63) is 35.4 Å². The third-order valence-electron chi connectivity index (χ3n) is 4.82. The summed E-state index contributed by atoms with van der Waals surface area (Å²) in [6.07, 6.45) is 4.86. The van der Waals surface area contributed by atoms with Crippen molar-refractivity contribution in [2.75, 3.05) is 6.54 Å². The number of rotatable bonds is 5. The Kier molecular flexibility index (Phi) is 4.81. The van der Waals surface area contributed by atoms with Gasteiger partial charge in [-0.1, -0.05) is 38.1 Å². The van der Waals surface area contributed by atoms with Gasteiger partial charge in [-0.3, -0.25) is 4.79 Å². The first kappa shape index (κ1) is 15.0. The van der Waals surface area contributed by atoms with E-state index in [1.54, 1.807) is 0 Å². The summed E-state index contributed by atoms with van der Waals surface area (Å²) in [5.74, 6) is 0.135. The Bertz CT molecular complexity index is 458. The molecule has 1 unspecified atom stereocenters. The number of nitrogens with one attached hydrogen (secondary N) is 1. The quantitative estimate of drug-likeness (QED) is 0.867. The zero-order valence-corrected chi connectivity index (χ0v) is 12.6. The highest BCUT2D eigenvalue weighted by atomic mass is 16.2. The lowest BCUT2D eigenvalue weighted by atomic mass is 9.81. The highest BCUT2D eigenvalue weighted by Crippen LogP contribution is 2.32. The minimum atomic E-state index is -0.247. The summed E-state index contributed by atoms with van der Waals surface area (Å²) in [7, 11) is 0. The van der Waals surface area contributed by atoms with E-state index >= 15 is 0 Å². The molecule has 110 valence electrons. The number of hydrogen-bond acceptors (Lipinski definition) is 2. The SMILES string of the molecule is CCC(CC)(CN)NC(=O)C1CCCc2ccccc21. The predicted molar refractivity (Wildman–Crippen MR) is 82.6 cm³/mol. The zero-order chi connectivity index (χ0) is 14.6. The van der Waals surface area contributed by atoms with Crippen molar-refractivity contribution < 1.29 is 4.79 Å². The van der Waals surface area contributed by atoms with Crippen LogP contribution >= 0.6 is 0 Å². The van der Waals surface area contributed by atoms with E-state index in [9.17, 15) is 4.79 Å². The van der Waals surface area contributed by atoms with E-state index in [2.05, 4.69) is 37.4 Å². The molecule has 0 radical (unpaired) electrons. The Balaban J connectivity index is 2.19. The number of carbonyl (C=O) groups is 1. The molecule has 3 nitrogen and oxygen atoms in total. The normalized spacial score (nSPS) is 18.4. The van der Waals surface area contributed by atoms with Gasteiger partial charge in [0.25, 0.3) is 0 Å². The van der Waals surface area contributed by atoms with Gasteiger partial charge in [0.2, 0.25) is 5.91 Å². The number of amides is 1. The molecule has 0 saturated heterocycles. The van der Waals surface area contributed by atoms with Crippen LogP contribution in [0.1, 0.15) is 56.6 Å². The number of carbonyl (C=O) groups excluding carboxylic acids is 1. The van der Waals surface area contributed by atoms with Gasteiger partial charge in [-0.2, -0.15) is 0 Å². The van der Waals surface area contributed by atoms with E-state index in [1.807, 2.05) is 6.07 Å². The number of aryl methyl sites for hydroxylation is 1. The standard InChI is InChI=1S/C17H26N2O/c1-3-17(4-2,12-18)19-16(20)15-11-7-9-13-8-5-6-10-14(13)15/h5-6,8,10,15H,3-4,7,9,11-12,18H2,1-2H3,(H,19,20). The van der Waals surface area contributed by atoms with Crippen LogP contribution in [-0.2, 0) is 11.2 Å². The van der Waals surface area contributed by atoms with Crippen molar-refractivity contribution >= 4 is 5.91 Å². The van der Waals surface area contributed by atoms with E-state index < -0.39 is 0 Å². The van der Waals surface area contributed by atoms with Crippen molar-refractivity contribution in [1.82, 2.24) is 5.32 Å². The second-order valence-electron chi connectivity index (χ2n) is 5.82. The first-order valence-electron chi connectivity index (χ1n) is 7.75. The van der Waals surface area contributed by atoms with Crippen LogP contribution in [0.25, 0.3) is 0 Å². The lowest BCUT2D eigenvalue weighted by Crippen LogP contribution is -2.54. The van der Waals surface area contributed by atoms with E-state index in [1.165, 1.54) is 11.1 Å². The largest absolute Gasteiger partial charge is 0.349 e. The number of nitrogens with two attached hydrogens (primary N) is 1. The molecule has 0 spiro atoms. The summed E-state index contributed by atoms with van der Waals surface area (Å²) >= 11 is 0. The van der Waals surface area contributed by atoms with Crippen LogP contribution in [0, 0.1) is 0 Å². The fourth-order valence-electron chi connectivity index (χ4n) is 3.14. The molecule has 1 atom stereocenters. The summed E-state index contributed by atoms with van der Waals surface area (Å²) in [5.41, 5.74) is 8.17. The van der Waals surface area contributed by atoms with E-state index in [0.29, 0.717) is 6.54 Å². The second-order valence-corrected chi connectivity index (χ2v) is 5.82. The molecule has 0 bridgehead atoms. The minimum absolute atomic E-state index is 0.0102. The Hall–Kier alpha value is -1.35. The number of benzene rings is 1. The summed E-state index contributed by atoms with van der Waals surface area (Å²) in [6.45, 7) is 4.68. The molecule has 1 aromatic carbocycles. The Morgan fingerprint density at radius 1 is 1.35 bits per heavy atom. The molecule has 3 N–H and O–H groups in total. The first-order valence-corrected chi connectivity index (χ1v) is 7.75. The molecule has 1 amide bonds. The van der Waals surface area contributed by atoms with Crippen molar-refractivity contribution in [3.63, 3.8) is 0 Å². The van der Waals surface area contributed by atoms with Gasteiger partial charge in [0.15, 0.2) is 0 Å².